The Morgan fingerprint density at radius 3 is 2.20 bits per heavy atom. The van der Waals surface area contributed by atoms with Crippen LogP contribution in [0.15, 0.2) is 53.3 Å². The van der Waals surface area contributed by atoms with Crippen molar-refractivity contribution in [2.24, 2.45) is 0 Å². The number of aromatic nitrogens is 2. The Morgan fingerprint density at radius 2 is 1.57 bits per heavy atom. The van der Waals surface area contributed by atoms with Gasteiger partial charge in [-0.1, -0.05) is 34.5 Å². The van der Waals surface area contributed by atoms with Gasteiger partial charge in [0.1, 0.15) is 10.6 Å². The van der Waals surface area contributed by atoms with Crippen molar-refractivity contribution in [2.75, 3.05) is 17.7 Å². The largest absolute Gasteiger partial charge is 0.465 e. The van der Waals surface area contributed by atoms with Crippen molar-refractivity contribution in [1.29, 1.82) is 0 Å². The molecule has 0 saturated heterocycles. The number of anilines is 2. The third-order valence-corrected chi connectivity index (χ3v) is 6.23. The molecule has 0 fully saturated rings. The van der Waals surface area contributed by atoms with Gasteiger partial charge in [-0.2, -0.15) is 0 Å². The number of methoxy groups -OCH3 is 1. The minimum Gasteiger partial charge on any atom is -0.465 e. The van der Waals surface area contributed by atoms with E-state index in [1.807, 2.05) is 0 Å². The van der Waals surface area contributed by atoms with E-state index in [0.29, 0.717) is 32.7 Å². The summed E-state index contributed by atoms with van der Waals surface area (Å²) in [7, 11) is 1.26. The molecule has 35 heavy (non-hydrogen) atoms. The van der Waals surface area contributed by atoms with E-state index in [2.05, 4.69) is 20.4 Å². The normalized spacial score (nSPS) is 10.7. The van der Waals surface area contributed by atoms with E-state index >= 15 is 0 Å². The second-order valence-corrected chi connectivity index (χ2v) is 9.12. The van der Waals surface area contributed by atoms with E-state index < -0.39 is 23.3 Å². The van der Waals surface area contributed by atoms with Gasteiger partial charge >= 0.3 is 5.97 Å². The molecular formula is C23H16Cl2N4O5S. The number of halogens is 2. The summed E-state index contributed by atoms with van der Waals surface area (Å²) in [4.78, 5) is 55.3. The summed E-state index contributed by atoms with van der Waals surface area (Å²) in [5.74, 6) is -1.90. The highest BCUT2D eigenvalue weighted by molar-refractivity contribution is 7.19. The summed E-state index contributed by atoms with van der Waals surface area (Å²) < 4.78 is 5.74. The number of esters is 1. The highest BCUT2D eigenvalue weighted by Crippen LogP contribution is 2.26. The summed E-state index contributed by atoms with van der Waals surface area (Å²) in [5, 5.41) is 5.92. The number of benzene rings is 2. The van der Waals surface area contributed by atoms with Crippen LogP contribution < -0.4 is 16.2 Å². The molecule has 2 aromatic carbocycles. The lowest BCUT2D eigenvalue weighted by molar-refractivity contribution is 0.0600. The van der Waals surface area contributed by atoms with Crippen molar-refractivity contribution in [3.63, 3.8) is 0 Å². The number of amides is 2. The maximum absolute atomic E-state index is 13.3. The highest BCUT2D eigenvalue weighted by Gasteiger charge is 2.26. The molecule has 0 atom stereocenters. The fourth-order valence-corrected chi connectivity index (χ4v) is 4.85. The molecule has 2 heterocycles. The second-order valence-electron chi connectivity index (χ2n) is 7.27. The van der Waals surface area contributed by atoms with Crippen molar-refractivity contribution < 1.29 is 19.1 Å². The average molecular weight is 531 g/mol. The minimum atomic E-state index is -0.718. The average Bonchev–Trinajstić information content (AvgIpc) is 3.18. The van der Waals surface area contributed by atoms with Crippen LogP contribution in [0.5, 0.6) is 0 Å². The van der Waals surface area contributed by atoms with Gasteiger partial charge < -0.3 is 15.4 Å². The van der Waals surface area contributed by atoms with Crippen molar-refractivity contribution in [1.82, 2.24) is 9.38 Å². The van der Waals surface area contributed by atoms with Gasteiger partial charge in [0, 0.05) is 33.2 Å². The zero-order valence-corrected chi connectivity index (χ0v) is 20.5. The number of hydrogen-bond donors (Lipinski definition) is 2. The zero-order chi connectivity index (χ0) is 25.3. The molecule has 0 saturated carbocycles. The van der Waals surface area contributed by atoms with Crippen molar-refractivity contribution >= 4 is 68.7 Å². The van der Waals surface area contributed by atoms with Gasteiger partial charge in [0.05, 0.1) is 12.7 Å². The first-order chi connectivity index (χ1) is 16.7. The molecule has 0 bridgehead atoms. The molecule has 2 aromatic heterocycles. The lowest BCUT2D eigenvalue weighted by atomic mass is 10.2. The number of carbonyl (C=O) groups excluding carboxylic acids is 3. The number of hydrogen-bond acceptors (Lipinski definition) is 7. The Labute approximate surface area is 212 Å². The van der Waals surface area contributed by atoms with Crippen LogP contribution in [0.4, 0.5) is 11.4 Å². The molecule has 0 radical (unpaired) electrons. The number of rotatable bonds is 5. The lowest BCUT2D eigenvalue weighted by Gasteiger charge is -2.09. The summed E-state index contributed by atoms with van der Waals surface area (Å²) >= 11 is 12.9. The molecule has 0 aliphatic carbocycles. The van der Waals surface area contributed by atoms with E-state index in [9.17, 15) is 19.2 Å². The number of nitrogens with zero attached hydrogens (tertiary/aromatic N) is 2. The van der Waals surface area contributed by atoms with Gasteiger partial charge in [0.2, 0.25) is 0 Å². The van der Waals surface area contributed by atoms with Crippen LogP contribution in [0.3, 0.4) is 0 Å². The standard InChI is InChI=1S/C23H16Cl2N4O5S/c1-11-7-17(30)29-18(20(31)27-15-5-3-12(4-6-15)22(33)34-2)19(35-23(29)26-11)21(32)28-16-9-13(24)8-14(25)10-16/h3-10H,1-2H3,(H,27,31)(H,28,32). The van der Waals surface area contributed by atoms with Crippen molar-refractivity contribution in [2.45, 2.75) is 6.92 Å². The maximum atomic E-state index is 13.3. The third kappa shape index (κ3) is 5.19. The fraction of sp³-hybridized carbons (Fsp3) is 0.0870. The first kappa shape index (κ1) is 24.4. The number of aryl methyl sites for hydroxylation is 1. The van der Waals surface area contributed by atoms with E-state index in [0.717, 1.165) is 15.7 Å². The number of fused-ring (bicyclic) bond motifs is 1. The summed E-state index contributed by atoms with van der Waals surface area (Å²) in [6, 6.07) is 11.7. The van der Waals surface area contributed by atoms with E-state index in [4.69, 9.17) is 23.2 Å². The Morgan fingerprint density at radius 1 is 0.943 bits per heavy atom. The van der Waals surface area contributed by atoms with E-state index in [1.165, 1.54) is 55.6 Å². The molecule has 4 rings (SSSR count). The molecule has 0 unspecified atom stereocenters. The van der Waals surface area contributed by atoms with E-state index in [1.54, 1.807) is 6.92 Å². The van der Waals surface area contributed by atoms with Gasteiger partial charge in [0.15, 0.2) is 4.96 Å². The van der Waals surface area contributed by atoms with Gasteiger partial charge in [0.25, 0.3) is 17.4 Å². The number of thiazole rings is 1. The fourth-order valence-electron chi connectivity index (χ4n) is 3.26. The molecule has 0 aliphatic rings. The molecule has 2 amide bonds. The number of ether oxygens (including phenoxy) is 1. The van der Waals surface area contributed by atoms with E-state index in [-0.39, 0.29) is 15.5 Å². The molecule has 2 N–H and O–H groups in total. The van der Waals surface area contributed by atoms with Crippen molar-refractivity contribution in [3.05, 3.63) is 90.8 Å². The lowest BCUT2D eigenvalue weighted by Crippen LogP contribution is -2.25. The third-order valence-electron chi connectivity index (χ3n) is 4.75. The second kappa shape index (κ2) is 9.87. The van der Waals surface area contributed by atoms with Gasteiger partial charge in [-0.15, -0.1) is 0 Å². The molecule has 9 nitrogen and oxygen atoms in total. The predicted molar refractivity (Wildman–Crippen MR) is 134 cm³/mol. The molecule has 4 aromatic rings. The summed E-state index contributed by atoms with van der Waals surface area (Å²) in [5.41, 5.74) is 0.678. The topological polar surface area (TPSA) is 119 Å². The summed E-state index contributed by atoms with van der Waals surface area (Å²) in [6.45, 7) is 1.64. The maximum Gasteiger partial charge on any atom is 0.337 e. The molecular weight excluding hydrogens is 515 g/mol. The molecule has 12 heteroatoms. The van der Waals surface area contributed by atoms with Gasteiger partial charge in [-0.3, -0.25) is 14.4 Å². The Hall–Kier alpha value is -3.73. The Balaban J connectivity index is 1.74. The van der Waals surface area contributed by atoms with Crippen LogP contribution in [0, 0.1) is 6.92 Å². The Kier molecular flexibility index (Phi) is 6.88. The van der Waals surface area contributed by atoms with Gasteiger partial charge in [-0.05, 0) is 49.4 Å². The van der Waals surface area contributed by atoms with Crippen LogP contribution in [0.2, 0.25) is 10.0 Å². The predicted octanol–water partition coefficient (Wildman–Crippen LogP) is 4.66. The summed E-state index contributed by atoms with van der Waals surface area (Å²) in [6.07, 6.45) is 0. The van der Waals surface area contributed by atoms with Crippen LogP contribution in [0.25, 0.3) is 4.96 Å². The molecule has 178 valence electrons. The van der Waals surface area contributed by atoms with Crippen LogP contribution >= 0.6 is 34.5 Å². The molecule has 0 spiro atoms. The van der Waals surface area contributed by atoms with Crippen LogP contribution in [-0.2, 0) is 4.74 Å². The zero-order valence-electron chi connectivity index (χ0n) is 18.2. The highest BCUT2D eigenvalue weighted by atomic mass is 35.5. The van der Waals surface area contributed by atoms with Gasteiger partial charge in [-0.25, -0.2) is 14.2 Å². The first-order valence-electron chi connectivity index (χ1n) is 9.96. The smallest absolute Gasteiger partial charge is 0.337 e. The van der Waals surface area contributed by atoms with Crippen LogP contribution in [-0.4, -0.2) is 34.3 Å². The SMILES string of the molecule is COC(=O)c1ccc(NC(=O)c2c(C(=O)Nc3cc(Cl)cc(Cl)c3)sc3nc(C)cc(=O)n23)cc1. The number of nitrogens with one attached hydrogen (secondary N) is 2. The number of carbonyl (C=O) groups is 3. The minimum absolute atomic E-state index is 0.0417. The van der Waals surface area contributed by atoms with Crippen LogP contribution in [0.1, 0.15) is 36.2 Å². The Bertz CT molecular complexity index is 1530. The van der Waals surface area contributed by atoms with Crippen molar-refractivity contribution in [3.8, 4) is 0 Å². The quantitative estimate of drug-likeness (QED) is 0.362. The first-order valence-corrected chi connectivity index (χ1v) is 11.5. The molecule has 0 aliphatic heterocycles. The monoisotopic (exact) mass is 530 g/mol.